The van der Waals surface area contributed by atoms with Gasteiger partial charge in [0.25, 0.3) is 0 Å². The molecular weight excluding hydrogens is 598 g/mol. The first-order valence-electron chi connectivity index (χ1n) is 15.7. The molecule has 238 valence electrons. The quantitative estimate of drug-likeness (QED) is 0.212. The van der Waals surface area contributed by atoms with E-state index >= 15 is 8.78 Å². The summed E-state index contributed by atoms with van der Waals surface area (Å²) in [5.74, 6) is -0.310. The molecule has 4 fully saturated rings. The van der Waals surface area contributed by atoms with Gasteiger partial charge in [-0.15, -0.1) is 6.42 Å². The van der Waals surface area contributed by atoms with Crippen LogP contribution in [0.25, 0.3) is 32.8 Å². The molecule has 8 rings (SSSR count). The monoisotopic (exact) mass is 631 g/mol. The molecule has 11 heteroatoms. The summed E-state index contributed by atoms with van der Waals surface area (Å²) in [6, 6.07) is 6.36. The van der Waals surface area contributed by atoms with E-state index < -0.39 is 34.7 Å². The molecule has 0 amide bonds. The van der Waals surface area contributed by atoms with Crippen molar-refractivity contribution in [3.05, 3.63) is 53.3 Å². The summed E-state index contributed by atoms with van der Waals surface area (Å²) < 4.78 is 68.7. The zero-order valence-corrected chi connectivity index (χ0v) is 25.3. The van der Waals surface area contributed by atoms with Gasteiger partial charge in [-0.3, -0.25) is 4.90 Å². The first-order valence-corrected chi connectivity index (χ1v) is 15.7. The molecule has 4 aliphatic heterocycles. The lowest BCUT2D eigenvalue weighted by atomic mass is 9.92. The Morgan fingerprint density at radius 3 is 2.78 bits per heavy atom. The van der Waals surface area contributed by atoms with Gasteiger partial charge in [0, 0.05) is 54.0 Å². The third-order valence-electron chi connectivity index (χ3n) is 10.4. The molecule has 0 spiro atoms. The topological polar surface area (TPSA) is 73.8 Å². The molecule has 2 bridgehead atoms. The van der Waals surface area contributed by atoms with Crippen LogP contribution < -0.4 is 15.0 Å². The van der Waals surface area contributed by atoms with Crippen LogP contribution in [-0.2, 0) is 0 Å². The largest absolute Gasteiger partial charge is 0.508 e. The maximum Gasteiger partial charge on any atom is 0.319 e. The molecule has 4 atom stereocenters. The van der Waals surface area contributed by atoms with Crippen LogP contribution in [0, 0.1) is 29.8 Å². The average molecular weight is 632 g/mol. The van der Waals surface area contributed by atoms with E-state index in [9.17, 15) is 13.9 Å². The van der Waals surface area contributed by atoms with Crippen molar-refractivity contribution < 1.29 is 27.4 Å². The minimum atomic E-state index is -1.02. The van der Waals surface area contributed by atoms with Gasteiger partial charge in [0.05, 0.1) is 16.7 Å². The molecule has 1 aromatic heterocycles. The van der Waals surface area contributed by atoms with E-state index in [4.69, 9.17) is 16.1 Å². The fraction of sp³-hybridized carbons (Fsp3) is 0.429. The van der Waals surface area contributed by atoms with Gasteiger partial charge in [0.2, 0.25) is 0 Å². The van der Waals surface area contributed by atoms with Crippen LogP contribution in [0.1, 0.15) is 44.6 Å². The number of phenolic OH excluding ortho intramolecular Hbond substituents is 1. The van der Waals surface area contributed by atoms with Crippen molar-refractivity contribution in [2.45, 2.75) is 62.3 Å². The lowest BCUT2D eigenvalue weighted by Crippen LogP contribution is -2.58. The number of alkyl halides is 1. The van der Waals surface area contributed by atoms with E-state index in [-0.39, 0.29) is 57.4 Å². The summed E-state index contributed by atoms with van der Waals surface area (Å²) in [4.78, 5) is 13.3. The summed E-state index contributed by atoms with van der Waals surface area (Å²) in [6.07, 6.45) is 8.65. The Morgan fingerprint density at radius 1 is 1.13 bits per heavy atom. The first-order chi connectivity index (χ1) is 22.1. The zero-order chi connectivity index (χ0) is 32.0. The van der Waals surface area contributed by atoms with Crippen LogP contribution in [0.4, 0.5) is 23.4 Å². The molecule has 7 nitrogen and oxygen atoms in total. The number of benzene rings is 3. The molecule has 46 heavy (non-hydrogen) atoms. The Labute approximate surface area is 263 Å². The van der Waals surface area contributed by atoms with Gasteiger partial charge in [-0.25, -0.2) is 17.6 Å². The van der Waals surface area contributed by atoms with Crippen LogP contribution in [0.5, 0.6) is 11.8 Å². The highest BCUT2D eigenvalue weighted by molar-refractivity contribution is 6.04. The number of nitrogens with zero attached hydrogens (tertiary/aromatic N) is 4. The fourth-order valence-corrected chi connectivity index (χ4v) is 8.43. The van der Waals surface area contributed by atoms with E-state index in [0.29, 0.717) is 37.3 Å². The number of fused-ring (bicyclic) bond motifs is 5. The molecule has 0 aliphatic carbocycles. The number of hydrogen-bond acceptors (Lipinski definition) is 7. The molecule has 0 radical (unpaired) electrons. The van der Waals surface area contributed by atoms with E-state index in [1.54, 1.807) is 0 Å². The van der Waals surface area contributed by atoms with Gasteiger partial charge >= 0.3 is 6.01 Å². The number of phenols is 1. The number of rotatable bonds is 5. The number of ether oxygens (including phenoxy) is 1. The minimum absolute atomic E-state index is 0.0883. The molecule has 5 heterocycles. The molecule has 4 saturated heterocycles. The van der Waals surface area contributed by atoms with Crippen molar-refractivity contribution in [1.82, 2.24) is 20.2 Å². The highest BCUT2D eigenvalue weighted by Gasteiger charge is 2.49. The SMILES string of the molecule is C#Cc1c(F)ccc2cc(O)cc(-c3c(F)cc4c(N5CC6CC[C@@](C)(C5)N6)nc(OC[C@@]56CCCN5C[C@H](F)C6)nc4c3F)c12. The van der Waals surface area contributed by atoms with Gasteiger partial charge in [-0.05, 0) is 68.8 Å². The summed E-state index contributed by atoms with van der Waals surface area (Å²) >= 11 is 0. The molecule has 4 aliphatic rings. The second-order valence-corrected chi connectivity index (χ2v) is 13.6. The number of hydrogen-bond donors (Lipinski definition) is 2. The zero-order valence-electron chi connectivity index (χ0n) is 25.3. The molecule has 3 aromatic carbocycles. The summed E-state index contributed by atoms with van der Waals surface area (Å²) in [6.45, 7) is 4.53. The van der Waals surface area contributed by atoms with Crippen molar-refractivity contribution in [3.8, 4) is 35.2 Å². The predicted molar refractivity (Wildman–Crippen MR) is 167 cm³/mol. The number of anilines is 1. The van der Waals surface area contributed by atoms with Crippen molar-refractivity contribution in [1.29, 1.82) is 0 Å². The summed E-state index contributed by atoms with van der Waals surface area (Å²) in [5.41, 5.74) is -1.64. The Kier molecular flexibility index (Phi) is 6.64. The molecular formula is C35H33F4N5O2. The first kappa shape index (κ1) is 29.3. The van der Waals surface area contributed by atoms with E-state index in [0.717, 1.165) is 38.3 Å². The smallest absolute Gasteiger partial charge is 0.319 e. The maximum atomic E-state index is 16.9. The van der Waals surface area contributed by atoms with Gasteiger partial charge < -0.3 is 20.1 Å². The second kappa shape index (κ2) is 10.4. The molecule has 4 aromatic rings. The number of aromatic hydroxyl groups is 1. The number of terminal acetylenes is 1. The molecule has 2 N–H and O–H groups in total. The number of nitrogens with one attached hydrogen (secondary N) is 1. The normalized spacial score (nSPS) is 27.4. The Bertz CT molecular complexity index is 1970. The van der Waals surface area contributed by atoms with Gasteiger partial charge in [0.15, 0.2) is 5.82 Å². The van der Waals surface area contributed by atoms with Crippen LogP contribution in [0.2, 0.25) is 0 Å². The van der Waals surface area contributed by atoms with Crippen molar-refractivity contribution >= 4 is 27.5 Å². The highest BCUT2D eigenvalue weighted by Crippen LogP contribution is 2.44. The average Bonchev–Trinajstić information content (AvgIpc) is 3.63. The second-order valence-electron chi connectivity index (χ2n) is 13.6. The van der Waals surface area contributed by atoms with E-state index in [1.165, 1.54) is 24.3 Å². The van der Waals surface area contributed by atoms with Gasteiger partial charge in [-0.2, -0.15) is 9.97 Å². The van der Waals surface area contributed by atoms with Crippen LogP contribution in [0.15, 0.2) is 30.3 Å². The third kappa shape index (κ3) is 4.56. The lowest BCUT2D eigenvalue weighted by molar-refractivity contribution is 0.107. The fourth-order valence-electron chi connectivity index (χ4n) is 8.43. The highest BCUT2D eigenvalue weighted by atomic mass is 19.1. The van der Waals surface area contributed by atoms with E-state index in [2.05, 4.69) is 28.0 Å². The van der Waals surface area contributed by atoms with Gasteiger partial charge in [-0.1, -0.05) is 12.0 Å². The predicted octanol–water partition coefficient (Wildman–Crippen LogP) is 5.84. The minimum Gasteiger partial charge on any atom is -0.508 e. The summed E-state index contributed by atoms with van der Waals surface area (Å²) in [7, 11) is 0. The maximum absolute atomic E-state index is 16.9. The van der Waals surface area contributed by atoms with Crippen molar-refractivity contribution in [2.24, 2.45) is 0 Å². The Hall–Kier alpha value is -4.14. The number of halogens is 4. The number of piperazine rings is 1. The van der Waals surface area contributed by atoms with Crippen molar-refractivity contribution in [3.63, 3.8) is 0 Å². The number of aromatic nitrogens is 2. The third-order valence-corrected chi connectivity index (χ3v) is 10.4. The molecule has 1 unspecified atom stereocenters. The summed E-state index contributed by atoms with van der Waals surface area (Å²) in [5, 5.41) is 14.7. The van der Waals surface area contributed by atoms with Crippen molar-refractivity contribution in [2.75, 3.05) is 37.7 Å². The Morgan fingerprint density at radius 2 is 1.98 bits per heavy atom. The van der Waals surface area contributed by atoms with Crippen LogP contribution >= 0.6 is 0 Å². The van der Waals surface area contributed by atoms with Crippen LogP contribution in [-0.4, -0.2) is 76.1 Å². The molecule has 0 saturated carbocycles. The van der Waals surface area contributed by atoms with Gasteiger partial charge in [0.1, 0.15) is 41.5 Å². The standard InChI is InChI=1S/C35H33F4N5O2/c1-3-23-26(37)6-5-19-11-22(45)12-24(28(19)23)29-27(38)13-25-31(30(29)39)40-33(46-18-35-8-4-10-44(35)15-20(36)14-35)41-32(25)43-16-21-7-9-34(2,17-43)42-21/h1,5-6,11-13,20-21,42,45H,4,7-10,14-18H2,2H3/t20-,21?,34+,35+/m1/s1. The lowest BCUT2D eigenvalue weighted by Gasteiger charge is -2.40. The van der Waals surface area contributed by atoms with E-state index in [1.807, 2.05) is 4.90 Å². The van der Waals surface area contributed by atoms with Crippen LogP contribution in [0.3, 0.4) is 0 Å². The Balaban J connectivity index is 1.31.